The molecule has 2 rings (SSSR count). The summed E-state index contributed by atoms with van der Waals surface area (Å²) in [5, 5.41) is 19.4. The third kappa shape index (κ3) is 13.1. The second-order valence-electron chi connectivity index (χ2n) is 12.3. The topological polar surface area (TPSA) is 150 Å². The van der Waals surface area contributed by atoms with Crippen LogP contribution in [0.25, 0.3) is 0 Å². The molecule has 0 fully saturated rings. The van der Waals surface area contributed by atoms with Gasteiger partial charge in [-0.2, -0.15) is 0 Å². The van der Waals surface area contributed by atoms with Gasteiger partial charge in [-0.25, -0.2) is 15.6 Å². The number of carbonyl (C=O) groups is 2. The van der Waals surface area contributed by atoms with E-state index in [1.54, 1.807) is 41.5 Å². The zero-order valence-electron chi connectivity index (χ0n) is 25.6. The van der Waals surface area contributed by atoms with E-state index in [1.165, 1.54) is 0 Å². The SMILES string of the molecule is CC(C)(C)OC(=O)CC(CO)C(N=O)(NN[C@@H](CCc1ccccc1)CNCc1ccccc1)NC(=O)OC(C)(C)C. The van der Waals surface area contributed by atoms with Crippen LogP contribution in [0.3, 0.4) is 0 Å². The number of amides is 1. The number of aliphatic hydroxyl groups excluding tert-OH is 1. The van der Waals surface area contributed by atoms with Crippen molar-refractivity contribution >= 4 is 12.1 Å². The zero-order valence-corrected chi connectivity index (χ0v) is 25.6. The van der Waals surface area contributed by atoms with E-state index in [2.05, 4.69) is 26.7 Å². The fraction of sp³-hybridized carbons (Fsp3) is 0.548. The number of alkyl carbamates (subject to hydrolysis) is 1. The average Bonchev–Trinajstić information content (AvgIpc) is 2.91. The van der Waals surface area contributed by atoms with Gasteiger partial charge in [-0.05, 0) is 70.7 Å². The van der Waals surface area contributed by atoms with Crippen LogP contribution < -0.4 is 21.5 Å². The van der Waals surface area contributed by atoms with Crippen LogP contribution in [-0.4, -0.2) is 53.4 Å². The Hall–Kier alpha value is -3.38. The van der Waals surface area contributed by atoms with Crippen LogP contribution in [0.5, 0.6) is 0 Å². The lowest BCUT2D eigenvalue weighted by molar-refractivity contribution is -0.157. The highest BCUT2D eigenvalue weighted by atomic mass is 16.6. The van der Waals surface area contributed by atoms with Gasteiger partial charge in [0.2, 0.25) is 5.79 Å². The summed E-state index contributed by atoms with van der Waals surface area (Å²) < 4.78 is 10.8. The number of esters is 1. The Bertz CT molecular complexity index is 1100. The number of hydrazine groups is 1. The maximum atomic E-state index is 12.8. The minimum atomic E-state index is -2.14. The summed E-state index contributed by atoms with van der Waals surface area (Å²) in [5.41, 5.74) is 6.58. The summed E-state index contributed by atoms with van der Waals surface area (Å²) in [6, 6.07) is 19.6. The number of nitrogens with one attached hydrogen (secondary N) is 4. The second kappa shape index (κ2) is 16.3. The first-order chi connectivity index (χ1) is 19.7. The van der Waals surface area contributed by atoms with E-state index < -0.39 is 48.0 Å². The maximum Gasteiger partial charge on any atom is 0.410 e. The number of aryl methyl sites for hydroxylation is 1. The van der Waals surface area contributed by atoms with Gasteiger partial charge in [0, 0.05) is 19.1 Å². The van der Waals surface area contributed by atoms with Gasteiger partial charge in [0.05, 0.1) is 18.9 Å². The van der Waals surface area contributed by atoms with Crippen LogP contribution in [-0.2, 0) is 27.2 Å². The summed E-state index contributed by atoms with van der Waals surface area (Å²) in [7, 11) is 0. The average molecular weight is 586 g/mol. The van der Waals surface area contributed by atoms with E-state index in [9.17, 15) is 19.6 Å². The van der Waals surface area contributed by atoms with Crippen molar-refractivity contribution in [3.05, 3.63) is 76.7 Å². The van der Waals surface area contributed by atoms with Crippen molar-refractivity contribution in [3.63, 3.8) is 0 Å². The van der Waals surface area contributed by atoms with Gasteiger partial charge in [0.1, 0.15) is 11.2 Å². The van der Waals surface area contributed by atoms with Crippen LogP contribution in [0.1, 0.15) is 65.5 Å². The van der Waals surface area contributed by atoms with E-state index in [0.717, 1.165) is 17.5 Å². The standard InChI is InChI=1S/C31H47N5O6/c1-29(2,3)41-27(38)19-25(22-37)31(36-40,33-28(39)42-30(4,5)6)35-34-26(18-17-23-13-9-7-10-14-23)21-32-20-24-15-11-8-12-16-24/h7-16,25-26,32,34-35,37H,17-22H2,1-6H3,(H,33,39)/t25?,26-,31?/m0/s1. The summed E-state index contributed by atoms with van der Waals surface area (Å²) in [6.45, 7) is 10.6. The van der Waals surface area contributed by atoms with Crippen molar-refractivity contribution < 1.29 is 24.2 Å². The van der Waals surface area contributed by atoms with E-state index in [4.69, 9.17) is 9.47 Å². The van der Waals surface area contributed by atoms with Crippen molar-refractivity contribution in [3.8, 4) is 0 Å². The van der Waals surface area contributed by atoms with E-state index in [1.807, 2.05) is 60.7 Å². The molecule has 0 aromatic heterocycles. The molecule has 232 valence electrons. The lowest BCUT2D eigenvalue weighted by Gasteiger charge is -2.37. The molecule has 0 heterocycles. The van der Waals surface area contributed by atoms with Crippen molar-refractivity contribution in [2.24, 2.45) is 11.1 Å². The molecule has 5 N–H and O–H groups in total. The first-order valence-corrected chi connectivity index (χ1v) is 14.2. The summed E-state index contributed by atoms with van der Waals surface area (Å²) >= 11 is 0. The summed E-state index contributed by atoms with van der Waals surface area (Å²) in [6.07, 6.45) is 0.0401. The van der Waals surface area contributed by atoms with Crippen LogP contribution in [0, 0.1) is 10.8 Å². The van der Waals surface area contributed by atoms with Gasteiger partial charge in [-0.15, -0.1) is 4.91 Å². The molecule has 0 bridgehead atoms. The Morgan fingerprint density at radius 1 is 0.881 bits per heavy atom. The molecule has 3 atom stereocenters. The smallest absolute Gasteiger partial charge is 0.410 e. The van der Waals surface area contributed by atoms with E-state index in [-0.39, 0.29) is 6.04 Å². The summed E-state index contributed by atoms with van der Waals surface area (Å²) in [4.78, 5) is 38.0. The molecule has 0 aliphatic rings. The molecule has 2 aromatic carbocycles. The van der Waals surface area contributed by atoms with E-state index >= 15 is 0 Å². The Labute approximate surface area is 249 Å². The molecule has 11 nitrogen and oxygen atoms in total. The molecule has 42 heavy (non-hydrogen) atoms. The predicted molar refractivity (Wildman–Crippen MR) is 162 cm³/mol. The largest absolute Gasteiger partial charge is 0.460 e. The quantitative estimate of drug-likeness (QED) is 0.0847. The fourth-order valence-corrected chi connectivity index (χ4v) is 4.15. The highest BCUT2D eigenvalue weighted by Crippen LogP contribution is 2.23. The third-order valence-electron chi connectivity index (χ3n) is 6.13. The Morgan fingerprint density at radius 2 is 1.45 bits per heavy atom. The van der Waals surface area contributed by atoms with Gasteiger partial charge in [-0.3, -0.25) is 10.1 Å². The number of nitroso groups, excluding NO2 is 1. The number of rotatable bonds is 16. The number of nitrogens with zero attached hydrogens (tertiary/aromatic N) is 1. The molecule has 2 aromatic rings. The Morgan fingerprint density at radius 3 is 1.98 bits per heavy atom. The number of ether oxygens (including phenoxy) is 2. The molecule has 11 heteroatoms. The second-order valence-corrected chi connectivity index (χ2v) is 12.3. The number of hydrogen-bond acceptors (Lipinski definition) is 10. The van der Waals surface area contributed by atoms with Crippen LogP contribution in [0.4, 0.5) is 4.79 Å². The van der Waals surface area contributed by atoms with Crippen LogP contribution >= 0.6 is 0 Å². The normalized spacial score (nSPS) is 14.7. The summed E-state index contributed by atoms with van der Waals surface area (Å²) in [5.74, 6) is -3.98. The molecule has 0 aliphatic heterocycles. The molecule has 0 aliphatic carbocycles. The monoisotopic (exact) mass is 585 g/mol. The first kappa shape index (κ1) is 34.8. The minimum Gasteiger partial charge on any atom is -0.460 e. The molecule has 0 saturated heterocycles. The number of carbonyl (C=O) groups excluding carboxylic acids is 2. The highest BCUT2D eigenvalue weighted by molar-refractivity contribution is 5.71. The minimum absolute atomic E-state index is 0.253. The number of aliphatic hydroxyl groups is 1. The lowest BCUT2D eigenvalue weighted by atomic mass is 9.97. The molecule has 1 amide bonds. The van der Waals surface area contributed by atoms with Crippen molar-refractivity contribution in [2.45, 2.75) is 90.4 Å². The number of hydrogen-bond donors (Lipinski definition) is 5. The van der Waals surface area contributed by atoms with Crippen molar-refractivity contribution in [1.82, 2.24) is 21.5 Å². The van der Waals surface area contributed by atoms with Gasteiger partial charge in [-0.1, -0.05) is 60.7 Å². The van der Waals surface area contributed by atoms with Gasteiger partial charge < -0.3 is 19.9 Å². The molecule has 0 radical (unpaired) electrons. The van der Waals surface area contributed by atoms with Crippen LogP contribution in [0.15, 0.2) is 65.8 Å². The zero-order chi connectivity index (χ0) is 31.2. The van der Waals surface area contributed by atoms with Crippen molar-refractivity contribution in [2.75, 3.05) is 13.2 Å². The molecule has 2 unspecified atom stereocenters. The maximum absolute atomic E-state index is 12.8. The third-order valence-corrected chi connectivity index (χ3v) is 6.13. The van der Waals surface area contributed by atoms with Gasteiger partial charge in [0.25, 0.3) is 0 Å². The van der Waals surface area contributed by atoms with Gasteiger partial charge in [0.15, 0.2) is 0 Å². The number of benzene rings is 2. The van der Waals surface area contributed by atoms with E-state index in [0.29, 0.717) is 19.5 Å². The molecular formula is C31H47N5O6. The van der Waals surface area contributed by atoms with Gasteiger partial charge >= 0.3 is 12.1 Å². The fourth-order valence-electron chi connectivity index (χ4n) is 4.15. The molecule has 0 saturated carbocycles. The molecule has 0 spiro atoms. The lowest BCUT2D eigenvalue weighted by Crippen LogP contribution is -2.68. The molecular weight excluding hydrogens is 538 g/mol. The van der Waals surface area contributed by atoms with Crippen molar-refractivity contribution in [1.29, 1.82) is 0 Å². The Balaban J connectivity index is 2.27. The highest BCUT2D eigenvalue weighted by Gasteiger charge is 2.45. The van der Waals surface area contributed by atoms with Crippen LogP contribution in [0.2, 0.25) is 0 Å². The predicted octanol–water partition coefficient (Wildman–Crippen LogP) is 4.16. The Kier molecular flexibility index (Phi) is 13.5. The first-order valence-electron chi connectivity index (χ1n) is 14.2.